The summed E-state index contributed by atoms with van der Waals surface area (Å²) in [4.78, 5) is 2.52. The van der Waals surface area contributed by atoms with Crippen LogP contribution in [0.15, 0.2) is 60.7 Å². The molecule has 1 aliphatic heterocycles. The number of hydrogen-bond donors (Lipinski definition) is 1. The third kappa shape index (κ3) is 3.35. The van der Waals surface area contributed by atoms with Crippen LogP contribution in [0.3, 0.4) is 0 Å². The van der Waals surface area contributed by atoms with Crippen molar-refractivity contribution in [2.45, 2.75) is 11.1 Å². The first-order chi connectivity index (χ1) is 9.93. The Labute approximate surface area is 125 Å². The molecular formula is C17H20N2S. The minimum Gasteiger partial charge on any atom is -0.357 e. The van der Waals surface area contributed by atoms with E-state index in [-0.39, 0.29) is 0 Å². The highest BCUT2D eigenvalue weighted by Crippen LogP contribution is 2.26. The fraction of sp³-hybridized carbons (Fsp3) is 0.294. The van der Waals surface area contributed by atoms with E-state index in [9.17, 15) is 0 Å². The molecule has 0 aliphatic carbocycles. The van der Waals surface area contributed by atoms with E-state index in [0.29, 0.717) is 5.37 Å². The van der Waals surface area contributed by atoms with Gasteiger partial charge in [-0.15, -0.1) is 11.8 Å². The predicted molar refractivity (Wildman–Crippen MR) is 88.2 cm³/mol. The maximum absolute atomic E-state index is 3.51. The van der Waals surface area contributed by atoms with Gasteiger partial charge in [-0.25, -0.2) is 0 Å². The van der Waals surface area contributed by atoms with Crippen molar-refractivity contribution in [2.24, 2.45) is 0 Å². The van der Waals surface area contributed by atoms with E-state index >= 15 is 0 Å². The molecule has 0 spiro atoms. The topological polar surface area (TPSA) is 15.3 Å². The Morgan fingerprint density at radius 2 is 1.70 bits per heavy atom. The van der Waals surface area contributed by atoms with E-state index in [1.165, 1.54) is 11.3 Å². The smallest absolute Gasteiger partial charge is 0.0878 e. The zero-order chi connectivity index (χ0) is 13.6. The molecule has 1 heterocycles. The second-order valence-electron chi connectivity index (χ2n) is 4.98. The molecule has 1 fully saturated rings. The molecule has 0 saturated carbocycles. The lowest BCUT2D eigenvalue weighted by Gasteiger charge is -2.37. The van der Waals surface area contributed by atoms with Gasteiger partial charge in [0.2, 0.25) is 0 Å². The van der Waals surface area contributed by atoms with E-state index in [4.69, 9.17) is 0 Å². The highest BCUT2D eigenvalue weighted by atomic mass is 32.2. The number of para-hydroxylation sites is 1. The molecule has 0 aromatic heterocycles. The van der Waals surface area contributed by atoms with Crippen molar-refractivity contribution >= 4 is 17.4 Å². The first-order valence-corrected chi connectivity index (χ1v) is 8.16. The van der Waals surface area contributed by atoms with Crippen LogP contribution in [0.4, 0.5) is 5.69 Å². The van der Waals surface area contributed by atoms with Crippen molar-refractivity contribution in [3.05, 3.63) is 66.2 Å². The molecule has 1 unspecified atom stereocenters. The molecule has 0 amide bonds. The molecule has 1 aliphatic rings. The van der Waals surface area contributed by atoms with E-state index < -0.39 is 0 Å². The van der Waals surface area contributed by atoms with Crippen LogP contribution in [0.5, 0.6) is 0 Å². The summed E-state index contributed by atoms with van der Waals surface area (Å²) in [5.74, 6) is 1.07. The van der Waals surface area contributed by atoms with Gasteiger partial charge in [0.05, 0.1) is 5.37 Å². The van der Waals surface area contributed by atoms with Gasteiger partial charge < -0.3 is 10.2 Å². The fourth-order valence-electron chi connectivity index (χ4n) is 2.51. The average Bonchev–Trinajstić information content (AvgIpc) is 2.55. The van der Waals surface area contributed by atoms with Crippen LogP contribution >= 0.6 is 11.8 Å². The van der Waals surface area contributed by atoms with Crippen LogP contribution in [-0.4, -0.2) is 25.0 Å². The van der Waals surface area contributed by atoms with Gasteiger partial charge in [0.25, 0.3) is 0 Å². The summed E-state index contributed by atoms with van der Waals surface area (Å²) in [5.41, 5.74) is 2.73. The lowest BCUT2D eigenvalue weighted by molar-refractivity contribution is 0.564. The number of benzene rings is 2. The number of nitrogens with zero attached hydrogens (tertiary/aromatic N) is 1. The monoisotopic (exact) mass is 284 g/mol. The first-order valence-electron chi connectivity index (χ1n) is 7.11. The molecule has 2 aromatic rings. The van der Waals surface area contributed by atoms with Crippen molar-refractivity contribution in [1.82, 2.24) is 5.32 Å². The SMILES string of the molecule is c1ccc(CSC2CNCCN2c2ccccc2)cc1. The fourth-order valence-corrected chi connectivity index (χ4v) is 3.73. The molecule has 3 heteroatoms. The molecule has 0 radical (unpaired) electrons. The van der Waals surface area contributed by atoms with Gasteiger partial charge in [-0.3, -0.25) is 0 Å². The van der Waals surface area contributed by atoms with Crippen LogP contribution in [0.1, 0.15) is 5.56 Å². The zero-order valence-electron chi connectivity index (χ0n) is 11.5. The zero-order valence-corrected chi connectivity index (χ0v) is 12.4. The molecule has 20 heavy (non-hydrogen) atoms. The predicted octanol–water partition coefficient (Wildman–Crippen LogP) is 3.36. The molecule has 1 saturated heterocycles. The Balaban J connectivity index is 1.67. The van der Waals surface area contributed by atoms with Gasteiger partial charge in [-0.2, -0.15) is 0 Å². The van der Waals surface area contributed by atoms with E-state index in [0.717, 1.165) is 25.4 Å². The Morgan fingerprint density at radius 1 is 1.00 bits per heavy atom. The van der Waals surface area contributed by atoms with Crippen molar-refractivity contribution in [3.63, 3.8) is 0 Å². The van der Waals surface area contributed by atoms with Gasteiger partial charge in [0, 0.05) is 31.1 Å². The summed E-state index contributed by atoms with van der Waals surface area (Å²) in [5, 5.41) is 4.01. The van der Waals surface area contributed by atoms with Crippen molar-refractivity contribution in [1.29, 1.82) is 0 Å². The molecule has 3 rings (SSSR count). The standard InChI is InChI=1S/C17H20N2S/c1-3-7-15(8-4-1)14-20-17-13-18-11-12-19(17)16-9-5-2-6-10-16/h1-10,17-18H,11-14H2. The molecule has 2 aromatic carbocycles. The van der Waals surface area contributed by atoms with Crippen LogP contribution in [0.2, 0.25) is 0 Å². The van der Waals surface area contributed by atoms with E-state index in [2.05, 4.69) is 70.9 Å². The van der Waals surface area contributed by atoms with Gasteiger partial charge in [0.1, 0.15) is 0 Å². The second-order valence-corrected chi connectivity index (χ2v) is 6.15. The Morgan fingerprint density at radius 3 is 2.45 bits per heavy atom. The summed E-state index contributed by atoms with van der Waals surface area (Å²) < 4.78 is 0. The number of anilines is 1. The molecule has 2 nitrogen and oxygen atoms in total. The highest BCUT2D eigenvalue weighted by Gasteiger charge is 2.22. The minimum absolute atomic E-state index is 0.506. The Bertz CT molecular complexity index is 515. The van der Waals surface area contributed by atoms with Crippen molar-refractivity contribution in [2.75, 3.05) is 24.5 Å². The van der Waals surface area contributed by atoms with Crippen LogP contribution < -0.4 is 10.2 Å². The Kier molecular flexibility index (Phi) is 4.61. The number of thioether (sulfide) groups is 1. The van der Waals surface area contributed by atoms with Crippen LogP contribution in [-0.2, 0) is 5.75 Å². The number of piperazine rings is 1. The summed E-state index contributed by atoms with van der Waals surface area (Å²) in [6.45, 7) is 3.19. The largest absolute Gasteiger partial charge is 0.357 e. The third-order valence-electron chi connectivity index (χ3n) is 3.57. The van der Waals surface area contributed by atoms with E-state index in [1.807, 2.05) is 11.8 Å². The first kappa shape index (κ1) is 13.5. The third-order valence-corrected chi connectivity index (χ3v) is 4.88. The summed E-state index contributed by atoms with van der Waals surface area (Å²) in [6, 6.07) is 21.5. The Hall–Kier alpha value is -1.45. The average molecular weight is 284 g/mol. The normalized spacial score (nSPS) is 19.0. The van der Waals surface area contributed by atoms with Crippen LogP contribution in [0, 0.1) is 0 Å². The van der Waals surface area contributed by atoms with Crippen molar-refractivity contribution < 1.29 is 0 Å². The lowest BCUT2D eigenvalue weighted by Crippen LogP contribution is -2.49. The quantitative estimate of drug-likeness (QED) is 0.927. The van der Waals surface area contributed by atoms with E-state index in [1.54, 1.807) is 0 Å². The highest BCUT2D eigenvalue weighted by molar-refractivity contribution is 7.99. The van der Waals surface area contributed by atoms with Gasteiger partial charge >= 0.3 is 0 Å². The molecule has 1 N–H and O–H groups in total. The van der Waals surface area contributed by atoms with Gasteiger partial charge in [-0.1, -0.05) is 48.5 Å². The molecular weight excluding hydrogens is 264 g/mol. The number of nitrogens with one attached hydrogen (secondary N) is 1. The molecule has 1 atom stereocenters. The number of rotatable bonds is 4. The van der Waals surface area contributed by atoms with Crippen LogP contribution in [0.25, 0.3) is 0 Å². The second kappa shape index (κ2) is 6.82. The summed E-state index contributed by atoms with van der Waals surface area (Å²) in [6.07, 6.45) is 0. The van der Waals surface area contributed by atoms with Gasteiger partial charge in [0.15, 0.2) is 0 Å². The summed E-state index contributed by atoms with van der Waals surface area (Å²) >= 11 is 2.02. The van der Waals surface area contributed by atoms with Gasteiger partial charge in [-0.05, 0) is 17.7 Å². The number of hydrogen-bond acceptors (Lipinski definition) is 3. The maximum Gasteiger partial charge on any atom is 0.0878 e. The minimum atomic E-state index is 0.506. The maximum atomic E-state index is 3.51. The molecule has 104 valence electrons. The molecule has 0 bridgehead atoms. The lowest BCUT2D eigenvalue weighted by atomic mass is 10.2. The van der Waals surface area contributed by atoms with Crippen molar-refractivity contribution in [3.8, 4) is 0 Å². The summed E-state index contributed by atoms with van der Waals surface area (Å²) in [7, 11) is 0.